The Hall–Kier alpha value is -2.51. The van der Waals surface area contributed by atoms with E-state index in [0.29, 0.717) is 11.3 Å². The Morgan fingerprint density at radius 1 is 1.12 bits per heavy atom. The molecule has 0 atom stereocenters. The van der Waals surface area contributed by atoms with Crippen molar-refractivity contribution >= 4 is 10.0 Å². The van der Waals surface area contributed by atoms with Crippen molar-refractivity contribution in [3.63, 3.8) is 0 Å². The summed E-state index contributed by atoms with van der Waals surface area (Å²) in [5, 5.41) is 4.32. The van der Waals surface area contributed by atoms with E-state index in [1.165, 1.54) is 12.1 Å². The molecule has 0 aliphatic carbocycles. The number of benzene rings is 2. The molecule has 0 amide bonds. The van der Waals surface area contributed by atoms with Crippen LogP contribution in [-0.2, 0) is 16.6 Å². The molecule has 0 unspecified atom stereocenters. The van der Waals surface area contributed by atoms with Gasteiger partial charge in [-0.2, -0.15) is 5.10 Å². The lowest BCUT2D eigenvalue weighted by atomic mass is 10.2. The largest absolute Gasteiger partial charge is 0.241 e. The van der Waals surface area contributed by atoms with Gasteiger partial charge in [0.05, 0.1) is 22.8 Å². The molecule has 0 bridgehead atoms. The highest BCUT2D eigenvalue weighted by atomic mass is 32.2. The molecule has 3 aromatic rings. The van der Waals surface area contributed by atoms with Gasteiger partial charge >= 0.3 is 0 Å². The number of aryl methyl sites for hydroxylation is 1. The van der Waals surface area contributed by atoms with Crippen LogP contribution in [0.4, 0.5) is 4.39 Å². The molecule has 0 fully saturated rings. The van der Waals surface area contributed by atoms with Crippen molar-refractivity contribution in [1.82, 2.24) is 14.5 Å². The summed E-state index contributed by atoms with van der Waals surface area (Å²) in [5.74, 6) is -0.550. The molecule has 7 heteroatoms. The van der Waals surface area contributed by atoms with Gasteiger partial charge in [-0.05, 0) is 42.8 Å². The van der Waals surface area contributed by atoms with Crippen molar-refractivity contribution in [3.8, 4) is 5.69 Å². The van der Waals surface area contributed by atoms with E-state index < -0.39 is 15.8 Å². The van der Waals surface area contributed by atoms with E-state index >= 15 is 0 Å². The quantitative estimate of drug-likeness (QED) is 0.773. The molecule has 0 saturated carbocycles. The van der Waals surface area contributed by atoms with E-state index in [0.717, 1.165) is 11.8 Å². The van der Waals surface area contributed by atoms with Gasteiger partial charge in [0.15, 0.2) is 0 Å². The van der Waals surface area contributed by atoms with Gasteiger partial charge in [0.25, 0.3) is 0 Å². The Labute approximate surface area is 139 Å². The van der Waals surface area contributed by atoms with Gasteiger partial charge in [-0.25, -0.2) is 22.2 Å². The van der Waals surface area contributed by atoms with Crippen molar-refractivity contribution < 1.29 is 12.8 Å². The highest BCUT2D eigenvalue weighted by Crippen LogP contribution is 2.14. The summed E-state index contributed by atoms with van der Waals surface area (Å²) in [6.07, 6.45) is 1.75. The van der Waals surface area contributed by atoms with Crippen LogP contribution in [0.1, 0.15) is 11.3 Å². The van der Waals surface area contributed by atoms with Gasteiger partial charge in [0.2, 0.25) is 10.0 Å². The van der Waals surface area contributed by atoms with E-state index in [9.17, 15) is 12.8 Å². The predicted molar refractivity (Wildman–Crippen MR) is 88.7 cm³/mol. The van der Waals surface area contributed by atoms with Crippen LogP contribution in [0.25, 0.3) is 5.69 Å². The highest BCUT2D eigenvalue weighted by Gasteiger charge is 2.16. The number of para-hydroxylation sites is 1. The molecule has 1 heterocycles. The number of hydrogen-bond donors (Lipinski definition) is 1. The van der Waals surface area contributed by atoms with Crippen LogP contribution in [0, 0.1) is 12.7 Å². The first-order valence-electron chi connectivity index (χ1n) is 7.31. The monoisotopic (exact) mass is 345 g/mol. The summed E-state index contributed by atoms with van der Waals surface area (Å²) in [7, 11) is -3.79. The number of sulfonamides is 1. The molecule has 2 aromatic carbocycles. The molecule has 0 aliphatic rings. The van der Waals surface area contributed by atoms with Gasteiger partial charge in [-0.1, -0.05) is 24.3 Å². The second-order valence-electron chi connectivity index (χ2n) is 5.32. The molecule has 0 aliphatic heterocycles. The molecular formula is C17H16FN3O2S. The van der Waals surface area contributed by atoms with Crippen LogP contribution in [0.3, 0.4) is 0 Å². The fourth-order valence-electron chi connectivity index (χ4n) is 2.17. The van der Waals surface area contributed by atoms with Gasteiger partial charge in [0.1, 0.15) is 5.82 Å². The zero-order chi connectivity index (χ0) is 17.2. The number of rotatable bonds is 5. The lowest BCUT2D eigenvalue weighted by Crippen LogP contribution is -2.23. The first-order chi connectivity index (χ1) is 11.5. The third-order valence-electron chi connectivity index (χ3n) is 3.56. The fourth-order valence-corrected chi connectivity index (χ4v) is 3.18. The SMILES string of the molecule is Cc1ccc(S(=O)(=O)NCc2ccn(-c3ccccc3)n2)cc1F. The summed E-state index contributed by atoms with van der Waals surface area (Å²) < 4.78 is 42.1. The third-order valence-corrected chi connectivity index (χ3v) is 4.96. The molecule has 0 radical (unpaired) electrons. The molecular weight excluding hydrogens is 329 g/mol. The summed E-state index contributed by atoms with van der Waals surface area (Å²) >= 11 is 0. The predicted octanol–water partition coefficient (Wildman–Crippen LogP) is 2.80. The zero-order valence-corrected chi connectivity index (χ0v) is 13.8. The minimum Gasteiger partial charge on any atom is -0.241 e. The van der Waals surface area contributed by atoms with Crippen molar-refractivity contribution in [1.29, 1.82) is 0 Å². The van der Waals surface area contributed by atoms with Gasteiger partial charge in [-0.3, -0.25) is 0 Å². The van der Waals surface area contributed by atoms with E-state index in [-0.39, 0.29) is 11.4 Å². The third kappa shape index (κ3) is 3.52. The highest BCUT2D eigenvalue weighted by molar-refractivity contribution is 7.89. The van der Waals surface area contributed by atoms with Gasteiger partial charge in [0, 0.05) is 6.20 Å². The summed E-state index contributed by atoms with van der Waals surface area (Å²) in [4.78, 5) is -0.104. The first kappa shape index (κ1) is 16.4. The van der Waals surface area contributed by atoms with Gasteiger partial charge < -0.3 is 0 Å². The Balaban J connectivity index is 1.73. The summed E-state index contributed by atoms with van der Waals surface area (Å²) in [5.41, 5.74) is 1.85. The minimum atomic E-state index is -3.79. The maximum atomic E-state index is 13.6. The number of hydrogen-bond acceptors (Lipinski definition) is 3. The second-order valence-corrected chi connectivity index (χ2v) is 7.09. The Morgan fingerprint density at radius 3 is 2.58 bits per heavy atom. The Bertz CT molecular complexity index is 953. The molecule has 1 aromatic heterocycles. The first-order valence-corrected chi connectivity index (χ1v) is 8.80. The summed E-state index contributed by atoms with van der Waals surface area (Å²) in [6.45, 7) is 1.60. The van der Waals surface area contributed by atoms with Crippen molar-refractivity contribution in [2.75, 3.05) is 0 Å². The number of halogens is 1. The number of nitrogens with one attached hydrogen (secondary N) is 1. The molecule has 0 saturated heterocycles. The average Bonchev–Trinajstić information content (AvgIpc) is 3.05. The topological polar surface area (TPSA) is 64.0 Å². The molecule has 1 N–H and O–H groups in total. The van der Waals surface area contributed by atoms with Crippen molar-refractivity contribution in [2.24, 2.45) is 0 Å². The number of aromatic nitrogens is 2. The lowest BCUT2D eigenvalue weighted by Gasteiger charge is -2.06. The maximum Gasteiger partial charge on any atom is 0.241 e. The van der Waals surface area contributed by atoms with Gasteiger partial charge in [-0.15, -0.1) is 0 Å². The van der Waals surface area contributed by atoms with Crippen LogP contribution in [0.15, 0.2) is 65.7 Å². The van der Waals surface area contributed by atoms with Crippen LogP contribution in [0.5, 0.6) is 0 Å². The van der Waals surface area contributed by atoms with Crippen molar-refractivity contribution in [2.45, 2.75) is 18.4 Å². The van der Waals surface area contributed by atoms with Crippen LogP contribution < -0.4 is 4.72 Å². The lowest BCUT2D eigenvalue weighted by molar-refractivity contribution is 0.575. The molecule has 0 spiro atoms. The van der Waals surface area contributed by atoms with Crippen LogP contribution in [-0.4, -0.2) is 18.2 Å². The summed E-state index contributed by atoms with van der Waals surface area (Å²) in [6, 6.07) is 15.0. The molecule has 3 rings (SSSR count). The second kappa shape index (κ2) is 6.54. The fraction of sp³-hybridized carbons (Fsp3) is 0.118. The molecule has 5 nitrogen and oxygen atoms in total. The molecule has 24 heavy (non-hydrogen) atoms. The smallest absolute Gasteiger partial charge is 0.241 e. The Morgan fingerprint density at radius 2 is 1.88 bits per heavy atom. The van der Waals surface area contributed by atoms with Crippen LogP contribution in [0.2, 0.25) is 0 Å². The average molecular weight is 345 g/mol. The van der Waals surface area contributed by atoms with E-state index in [1.807, 2.05) is 30.3 Å². The maximum absolute atomic E-state index is 13.6. The van der Waals surface area contributed by atoms with E-state index in [4.69, 9.17) is 0 Å². The van der Waals surface area contributed by atoms with E-state index in [1.54, 1.807) is 23.9 Å². The Kier molecular flexibility index (Phi) is 4.46. The molecule has 124 valence electrons. The van der Waals surface area contributed by atoms with Crippen LogP contribution >= 0.6 is 0 Å². The standard InChI is InChI=1S/C17H16FN3O2S/c1-13-7-8-16(11-17(13)18)24(22,23)19-12-14-9-10-21(20-14)15-5-3-2-4-6-15/h2-11,19H,12H2,1H3. The van der Waals surface area contributed by atoms with Crippen molar-refractivity contribution in [3.05, 3.63) is 77.9 Å². The number of nitrogens with zero attached hydrogens (tertiary/aromatic N) is 2. The zero-order valence-electron chi connectivity index (χ0n) is 13.0. The normalized spacial score (nSPS) is 11.6. The minimum absolute atomic E-state index is 0.0255. The van der Waals surface area contributed by atoms with E-state index in [2.05, 4.69) is 9.82 Å².